The van der Waals surface area contributed by atoms with E-state index in [1.807, 2.05) is 32.9 Å². The molecular weight excluding hydrogens is 336 g/mol. The Labute approximate surface area is 131 Å². The maximum atomic E-state index is 12.1. The van der Waals surface area contributed by atoms with Crippen LogP contribution in [0.4, 0.5) is 0 Å². The third-order valence-electron chi connectivity index (χ3n) is 3.01. The van der Waals surface area contributed by atoms with E-state index in [2.05, 4.69) is 26.8 Å². The maximum Gasteiger partial charge on any atom is 0.305 e. The van der Waals surface area contributed by atoms with Gasteiger partial charge in [0, 0.05) is 21.8 Å². The van der Waals surface area contributed by atoms with Crippen LogP contribution >= 0.6 is 15.9 Å². The molecule has 0 aliphatic carbocycles. The fourth-order valence-electron chi connectivity index (χ4n) is 2.01. The molecule has 0 atom stereocenters. The minimum Gasteiger partial charge on any atom is -0.451 e. The number of rotatable bonds is 3. The number of furan rings is 1. The molecule has 6 heteroatoms. The largest absolute Gasteiger partial charge is 0.451 e. The Morgan fingerprint density at radius 1 is 1.29 bits per heavy atom. The molecule has 5 nitrogen and oxygen atoms in total. The number of amides is 2. The van der Waals surface area contributed by atoms with Crippen LogP contribution in [0.1, 0.15) is 36.4 Å². The molecule has 0 aliphatic rings. The highest BCUT2D eigenvalue weighted by atomic mass is 79.9. The molecule has 0 saturated carbocycles. The van der Waals surface area contributed by atoms with Gasteiger partial charge in [-0.25, -0.2) is 0 Å². The number of halogens is 1. The molecule has 0 aliphatic heterocycles. The van der Waals surface area contributed by atoms with Gasteiger partial charge >= 0.3 is 5.91 Å². The van der Waals surface area contributed by atoms with E-state index in [1.54, 1.807) is 6.07 Å². The molecule has 2 amide bonds. The molecule has 0 unspecified atom stereocenters. The predicted octanol–water partition coefficient (Wildman–Crippen LogP) is 3.31. The predicted molar refractivity (Wildman–Crippen MR) is 83.7 cm³/mol. The average Bonchev–Trinajstić information content (AvgIpc) is 2.73. The molecular formula is C15H17BrN2O3. The Morgan fingerprint density at radius 2 is 2.00 bits per heavy atom. The Balaban J connectivity index is 2.13. The van der Waals surface area contributed by atoms with E-state index in [0.29, 0.717) is 12.0 Å². The number of hydrogen-bond donors (Lipinski definition) is 2. The molecule has 2 N–H and O–H groups in total. The third-order valence-corrected chi connectivity index (χ3v) is 3.51. The van der Waals surface area contributed by atoms with Crippen LogP contribution in [-0.2, 0) is 4.79 Å². The number of hydrogen-bond acceptors (Lipinski definition) is 3. The second-order valence-electron chi connectivity index (χ2n) is 5.30. The summed E-state index contributed by atoms with van der Waals surface area (Å²) in [6, 6.07) is 5.53. The highest BCUT2D eigenvalue weighted by Gasteiger charge is 2.18. The van der Waals surface area contributed by atoms with Crippen LogP contribution in [0.15, 0.2) is 27.1 Å². The molecule has 1 heterocycles. The zero-order valence-corrected chi connectivity index (χ0v) is 13.7. The Bertz CT molecular complexity index is 692. The zero-order chi connectivity index (χ0) is 15.6. The first-order valence-electron chi connectivity index (χ1n) is 6.66. The van der Waals surface area contributed by atoms with Crippen LogP contribution in [0.5, 0.6) is 0 Å². The van der Waals surface area contributed by atoms with E-state index in [1.165, 1.54) is 0 Å². The minimum atomic E-state index is -0.461. The van der Waals surface area contributed by atoms with Gasteiger partial charge < -0.3 is 4.42 Å². The van der Waals surface area contributed by atoms with Gasteiger partial charge in [0.25, 0.3) is 0 Å². The molecule has 0 spiro atoms. The molecule has 112 valence electrons. The van der Waals surface area contributed by atoms with E-state index >= 15 is 0 Å². The van der Waals surface area contributed by atoms with E-state index in [-0.39, 0.29) is 17.6 Å². The molecule has 1 aromatic heterocycles. The first-order chi connectivity index (χ1) is 9.88. The van der Waals surface area contributed by atoms with Crippen molar-refractivity contribution in [2.24, 2.45) is 5.92 Å². The number of hydrazine groups is 1. The Hall–Kier alpha value is -1.82. The summed E-state index contributed by atoms with van der Waals surface area (Å²) in [6.07, 6.45) is 0.354. The summed E-state index contributed by atoms with van der Waals surface area (Å²) in [7, 11) is 0. The van der Waals surface area contributed by atoms with Gasteiger partial charge in [0.05, 0.1) is 0 Å². The number of carbonyl (C=O) groups is 2. The quantitative estimate of drug-likeness (QED) is 0.832. The van der Waals surface area contributed by atoms with Gasteiger partial charge in [0.1, 0.15) is 5.58 Å². The summed E-state index contributed by atoms with van der Waals surface area (Å²) in [5, 5.41) is 0.864. The van der Waals surface area contributed by atoms with Crippen LogP contribution in [0.25, 0.3) is 11.0 Å². The van der Waals surface area contributed by atoms with Crippen LogP contribution in [0.3, 0.4) is 0 Å². The first kappa shape index (κ1) is 15.6. The number of aryl methyl sites for hydroxylation is 1. The van der Waals surface area contributed by atoms with Crippen LogP contribution in [-0.4, -0.2) is 11.8 Å². The lowest BCUT2D eigenvalue weighted by molar-refractivity contribution is -0.122. The highest BCUT2D eigenvalue weighted by Crippen LogP contribution is 2.27. The van der Waals surface area contributed by atoms with Crippen molar-refractivity contribution in [3.05, 3.63) is 34.0 Å². The highest BCUT2D eigenvalue weighted by molar-refractivity contribution is 9.10. The van der Waals surface area contributed by atoms with Crippen molar-refractivity contribution in [3.8, 4) is 0 Å². The lowest BCUT2D eigenvalue weighted by atomic mass is 10.1. The van der Waals surface area contributed by atoms with Gasteiger partial charge in [-0.3, -0.25) is 20.4 Å². The summed E-state index contributed by atoms with van der Waals surface area (Å²) < 4.78 is 6.46. The molecule has 0 radical (unpaired) electrons. The van der Waals surface area contributed by atoms with Gasteiger partial charge in [-0.05, 0) is 31.0 Å². The van der Waals surface area contributed by atoms with Gasteiger partial charge in [0.2, 0.25) is 5.91 Å². The molecule has 21 heavy (non-hydrogen) atoms. The van der Waals surface area contributed by atoms with Crippen molar-refractivity contribution in [1.82, 2.24) is 10.9 Å². The van der Waals surface area contributed by atoms with Gasteiger partial charge in [0.15, 0.2) is 5.76 Å². The summed E-state index contributed by atoms with van der Waals surface area (Å²) in [4.78, 5) is 23.6. The summed E-state index contributed by atoms with van der Waals surface area (Å²) >= 11 is 3.39. The van der Waals surface area contributed by atoms with E-state index in [4.69, 9.17) is 4.42 Å². The van der Waals surface area contributed by atoms with E-state index in [0.717, 1.165) is 15.4 Å². The topological polar surface area (TPSA) is 71.3 Å². The Kier molecular flexibility index (Phi) is 4.67. The van der Waals surface area contributed by atoms with Crippen molar-refractivity contribution < 1.29 is 14.0 Å². The number of benzene rings is 1. The molecule has 1 aromatic carbocycles. The number of carbonyl (C=O) groups excluding carboxylic acids is 2. The SMILES string of the molecule is Cc1c(C(=O)NNC(=O)CC(C)C)oc2ccc(Br)cc12. The van der Waals surface area contributed by atoms with E-state index in [9.17, 15) is 9.59 Å². The van der Waals surface area contributed by atoms with E-state index < -0.39 is 5.91 Å². The lowest BCUT2D eigenvalue weighted by Crippen LogP contribution is -2.42. The van der Waals surface area contributed by atoms with Gasteiger partial charge in [-0.1, -0.05) is 29.8 Å². The maximum absolute atomic E-state index is 12.1. The van der Waals surface area contributed by atoms with Crippen molar-refractivity contribution in [2.45, 2.75) is 27.2 Å². The smallest absolute Gasteiger partial charge is 0.305 e. The average molecular weight is 353 g/mol. The molecule has 2 aromatic rings. The molecule has 0 bridgehead atoms. The lowest BCUT2D eigenvalue weighted by Gasteiger charge is -2.07. The zero-order valence-electron chi connectivity index (χ0n) is 12.1. The fraction of sp³-hybridized carbons (Fsp3) is 0.333. The molecule has 2 rings (SSSR count). The van der Waals surface area contributed by atoms with Crippen molar-refractivity contribution in [3.63, 3.8) is 0 Å². The summed E-state index contributed by atoms with van der Waals surface area (Å²) in [5.74, 6) is -0.257. The monoisotopic (exact) mass is 352 g/mol. The van der Waals surface area contributed by atoms with Crippen molar-refractivity contribution in [2.75, 3.05) is 0 Å². The third kappa shape index (κ3) is 3.64. The van der Waals surface area contributed by atoms with Crippen molar-refractivity contribution in [1.29, 1.82) is 0 Å². The minimum absolute atomic E-state index is 0.202. The number of fused-ring (bicyclic) bond motifs is 1. The van der Waals surface area contributed by atoms with Crippen LogP contribution in [0, 0.1) is 12.8 Å². The second kappa shape index (κ2) is 6.30. The van der Waals surface area contributed by atoms with Gasteiger partial charge in [-0.2, -0.15) is 0 Å². The first-order valence-corrected chi connectivity index (χ1v) is 7.45. The number of nitrogens with one attached hydrogen (secondary N) is 2. The Morgan fingerprint density at radius 3 is 2.67 bits per heavy atom. The summed E-state index contributed by atoms with van der Waals surface area (Å²) in [5.41, 5.74) is 6.14. The van der Waals surface area contributed by atoms with Crippen LogP contribution < -0.4 is 10.9 Å². The second-order valence-corrected chi connectivity index (χ2v) is 6.21. The fourth-order valence-corrected chi connectivity index (χ4v) is 2.38. The standard InChI is InChI=1S/C15H17BrN2O3/c1-8(2)6-13(19)17-18-15(20)14-9(3)11-7-10(16)4-5-12(11)21-14/h4-5,7-8H,6H2,1-3H3,(H,17,19)(H,18,20). The normalized spacial score (nSPS) is 10.9. The summed E-state index contributed by atoms with van der Waals surface area (Å²) in [6.45, 7) is 5.68. The molecule has 0 fully saturated rings. The molecule has 0 saturated heterocycles. The van der Waals surface area contributed by atoms with Gasteiger partial charge in [-0.15, -0.1) is 0 Å². The van der Waals surface area contributed by atoms with Crippen LogP contribution in [0.2, 0.25) is 0 Å². The van der Waals surface area contributed by atoms with Crippen molar-refractivity contribution >= 4 is 38.7 Å².